The summed E-state index contributed by atoms with van der Waals surface area (Å²) in [6.45, 7) is 0. The molecule has 36 heavy (non-hydrogen) atoms. The second-order valence-corrected chi connectivity index (χ2v) is 8.83. The number of aromatic nitrogens is 4. The Labute approximate surface area is 214 Å². The van der Waals surface area contributed by atoms with E-state index in [9.17, 15) is 9.18 Å². The number of aliphatic carboxylic acids is 1. The van der Waals surface area contributed by atoms with Gasteiger partial charge in [-0.1, -0.05) is 29.8 Å². The summed E-state index contributed by atoms with van der Waals surface area (Å²) < 4.78 is 15.2. The van der Waals surface area contributed by atoms with E-state index in [1.54, 1.807) is 34.3 Å². The summed E-state index contributed by atoms with van der Waals surface area (Å²) >= 11 is 7.50. The van der Waals surface area contributed by atoms with Crippen LogP contribution in [0.4, 0.5) is 16.0 Å². The molecule has 0 atom stereocenters. The van der Waals surface area contributed by atoms with Gasteiger partial charge in [-0.15, -0.1) is 0 Å². The normalized spacial score (nSPS) is 11.2. The van der Waals surface area contributed by atoms with Crippen LogP contribution in [0.25, 0.3) is 34.3 Å². The molecule has 0 aliphatic carbocycles. The van der Waals surface area contributed by atoms with E-state index in [1.807, 2.05) is 47.3 Å². The number of hydrogen-bond donors (Lipinski definition) is 2. The first kappa shape index (κ1) is 23.4. The van der Waals surface area contributed by atoms with E-state index in [1.165, 1.54) is 18.2 Å². The van der Waals surface area contributed by atoms with Gasteiger partial charge in [0.15, 0.2) is 5.82 Å². The molecule has 0 fully saturated rings. The van der Waals surface area contributed by atoms with Crippen LogP contribution in [0.15, 0.2) is 83.8 Å². The lowest BCUT2D eigenvalue weighted by molar-refractivity contribution is -0.131. The maximum atomic E-state index is 13.6. The largest absolute Gasteiger partial charge is 0.478 e. The highest BCUT2D eigenvalue weighted by molar-refractivity contribution is 7.08. The standard InChI is InChI=1S/C26H17ClFN5O2S/c27-21-13-19(5-6-22(21)28)30-26-29-14-20(17-3-1-2-16(12-17)4-7-24(34)35)25(31-26)33-10-8-23(32-33)18-9-11-36-15-18/h1-15H,(H,34,35)(H,29,30,31). The second-order valence-electron chi connectivity index (χ2n) is 7.64. The van der Waals surface area contributed by atoms with Crippen molar-refractivity contribution in [1.29, 1.82) is 0 Å². The summed E-state index contributed by atoms with van der Waals surface area (Å²) in [5.74, 6) is -0.778. The van der Waals surface area contributed by atoms with E-state index < -0.39 is 11.8 Å². The predicted molar refractivity (Wildman–Crippen MR) is 139 cm³/mol. The number of hydrogen-bond acceptors (Lipinski definition) is 6. The van der Waals surface area contributed by atoms with Crippen LogP contribution in [0.3, 0.4) is 0 Å². The Kier molecular flexibility index (Phi) is 6.57. The lowest BCUT2D eigenvalue weighted by Crippen LogP contribution is -2.06. The van der Waals surface area contributed by atoms with Gasteiger partial charge in [0.05, 0.1) is 10.7 Å². The highest BCUT2D eigenvalue weighted by Gasteiger charge is 2.15. The zero-order valence-electron chi connectivity index (χ0n) is 18.5. The average Bonchev–Trinajstić information content (AvgIpc) is 3.58. The van der Waals surface area contributed by atoms with Gasteiger partial charge in [-0.2, -0.15) is 21.4 Å². The molecule has 2 N–H and O–H groups in total. The van der Waals surface area contributed by atoms with Crippen LogP contribution in [0.5, 0.6) is 0 Å². The monoisotopic (exact) mass is 517 g/mol. The fourth-order valence-electron chi connectivity index (χ4n) is 3.50. The Hall–Kier alpha value is -4.34. The average molecular weight is 518 g/mol. The maximum Gasteiger partial charge on any atom is 0.328 e. The minimum absolute atomic E-state index is 0.0180. The van der Waals surface area contributed by atoms with Crippen molar-refractivity contribution in [2.24, 2.45) is 0 Å². The third kappa shape index (κ3) is 5.17. The van der Waals surface area contributed by atoms with Crippen molar-refractivity contribution < 1.29 is 14.3 Å². The smallest absolute Gasteiger partial charge is 0.328 e. The van der Waals surface area contributed by atoms with Crippen LogP contribution < -0.4 is 5.32 Å². The van der Waals surface area contributed by atoms with Crippen LogP contribution in [-0.4, -0.2) is 30.8 Å². The first-order chi connectivity index (χ1) is 17.5. The highest BCUT2D eigenvalue weighted by atomic mass is 35.5. The topological polar surface area (TPSA) is 92.9 Å². The van der Waals surface area contributed by atoms with Crippen LogP contribution >= 0.6 is 22.9 Å². The Morgan fingerprint density at radius 3 is 2.81 bits per heavy atom. The van der Waals surface area contributed by atoms with Gasteiger partial charge in [0.25, 0.3) is 0 Å². The molecule has 0 radical (unpaired) electrons. The fourth-order valence-corrected chi connectivity index (χ4v) is 4.33. The van der Waals surface area contributed by atoms with Gasteiger partial charge in [0, 0.05) is 40.7 Å². The molecular formula is C26H17ClFN5O2S. The Morgan fingerprint density at radius 2 is 2.03 bits per heavy atom. The molecule has 0 saturated carbocycles. The van der Waals surface area contributed by atoms with Gasteiger partial charge < -0.3 is 10.4 Å². The molecular weight excluding hydrogens is 501 g/mol. The number of halogens is 2. The zero-order valence-corrected chi connectivity index (χ0v) is 20.0. The quantitative estimate of drug-likeness (QED) is 0.234. The lowest BCUT2D eigenvalue weighted by Gasteiger charge is -2.12. The second kappa shape index (κ2) is 10.1. The van der Waals surface area contributed by atoms with Gasteiger partial charge in [-0.05, 0) is 59.0 Å². The minimum atomic E-state index is -1.03. The lowest BCUT2D eigenvalue weighted by atomic mass is 10.0. The number of carboxylic acids is 1. The Morgan fingerprint density at radius 1 is 1.14 bits per heavy atom. The third-order valence-electron chi connectivity index (χ3n) is 5.18. The first-order valence-electron chi connectivity index (χ1n) is 10.7. The molecule has 0 saturated heterocycles. The van der Waals surface area contributed by atoms with Gasteiger partial charge in [-0.3, -0.25) is 0 Å². The number of benzene rings is 2. The first-order valence-corrected chi connectivity index (χ1v) is 12.0. The molecule has 0 unspecified atom stereocenters. The molecule has 10 heteroatoms. The molecule has 0 aliphatic rings. The van der Waals surface area contributed by atoms with Crippen molar-refractivity contribution in [1.82, 2.24) is 19.7 Å². The summed E-state index contributed by atoms with van der Waals surface area (Å²) in [4.78, 5) is 20.1. The molecule has 0 amide bonds. The Bertz CT molecular complexity index is 1580. The van der Waals surface area contributed by atoms with Gasteiger partial charge in [0.1, 0.15) is 5.82 Å². The minimum Gasteiger partial charge on any atom is -0.478 e. The molecule has 5 rings (SSSR count). The van der Waals surface area contributed by atoms with Crippen molar-refractivity contribution in [3.8, 4) is 28.2 Å². The number of carbonyl (C=O) groups is 1. The molecule has 0 spiro atoms. The molecule has 3 heterocycles. The number of nitrogens with zero attached hydrogens (tertiary/aromatic N) is 4. The van der Waals surface area contributed by atoms with Crippen molar-refractivity contribution in [2.75, 3.05) is 5.32 Å². The van der Waals surface area contributed by atoms with Gasteiger partial charge in [-0.25, -0.2) is 18.9 Å². The molecule has 2 aromatic carbocycles. The molecule has 5 aromatic rings. The summed E-state index contributed by atoms with van der Waals surface area (Å²) in [5.41, 5.74) is 4.49. The van der Waals surface area contributed by atoms with Gasteiger partial charge in [0.2, 0.25) is 5.95 Å². The van der Waals surface area contributed by atoms with E-state index in [4.69, 9.17) is 26.8 Å². The molecule has 7 nitrogen and oxygen atoms in total. The Balaban J connectivity index is 1.58. The summed E-state index contributed by atoms with van der Waals surface area (Å²) in [5, 5.41) is 20.7. The number of nitrogens with one attached hydrogen (secondary N) is 1. The van der Waals surface area contributed by atoms with Gasteiger partial charge >= 0.3 is 5.97 Å². The zero-order chi connectivity index (χ0) is 25.1. The van der Waals surface area contributed by atoms with E-state index in [0.717, 1.165) is 22.9 Å². The number of anilines is 2. The van der Waals surface area contributed by atoms with Crippen LogP contribution in [-0.2, 0) is 4.79 Å². The molecule has 178 valence electrons. The maximum absolute atomic E-state index is 13.6. The summed E-state index contributed by atoms with van der Waals surface area (Å²) in [6, 6.07) is 15.5. The molecule has 3 aromatic heterocycles. The fraction of sp³-hybridized carbons (Fsp3) is 0. The molecule has 0 bridgehead atoms. The van der Waals surface area contributed by atoms with Crippen molar-refractivity contribution in [3.05, 3.63) is 100 Å². The predicted octanol–water partition coefficient (Wildman–Crippen LogP) is 6.69. The number of thiophene rings is 1. The third-order valence-corrected chi connectivity index (χ3v) is 6.16. The number of rotatable bonds is 7. The van der Waals surface area contributed by atoms with Crippen LogP contribution in [0.2, 0.25) is 5.02 Å². The van der Waals surface area contributed by atoms with E-state index in [2.05, 4.69) is 10.3 Å². The van der Waals surface area contributed by atoms with E-state index in [-0.39, 0.29) is 11.0 Å². The summed E-state index contributed by atoms with van der Waals surface area (Å²) in [6.07, 6.45) is 6.06. The van der Waals surface area contributed by atoms with E-state index in [0.29, 0.717) is 22.6 Å². The highest BCUT2D eigenvalue weighted by Crippen LogP contribution is 2.29. The summed E-state index contributed by atoms with van der Waals surface area (Å²) in [7, 11) is 0. The van der Waals surface area contributed by atoms with Crippen molar-refractivity contribution in [3.63, 3.8) is 0 Å². The molecule has 0 aliphatic heterocycles. The SMILES string of the molecule is O=C(O)C=Cc1cccc(-c2cnc(Nc3ccc(F)c(Cl)c3)nc2-n2ccc(-c3ccsc3)n2)c1. The van der Waals surface area contributed by atoms with E-state index >= 15 is 0 Å². The van der Waals surface area contributed by atoms with Crippen LogP contribution in [0, 0.1) is 5.82 Å². The van der Waals surface area contributed by atoms with Crippen LogP contribution in [0.1, 0.15) is 5.56 Å². The van der Waals surface area contributed by atoms with Crippen molar-refractivity contribution >= 4 is 46.6 Å². The van der Waals surface area contributed by atoms with Crippen molar-refractivity contribution in [2.45, 2.75) is 0 Å². The number of carboxylic acid groups (broad SMARTS) is 1.